The maximum atomic E-state index is 4.92. The first-order chi connectivity index (χ1) is 13.0. The molecule has 1 atom stereocenters. The van der Waals surface area contributed by atoms with Crippen LogP contribution in [-0.2, 0) is 6.42 Å². The van der Waals surface area contributed by atoms with Crippen molar-refractivity contribution in [2.45, 2.75) is 40.2 Å². The van der Waals surface area contributed by atoms with Gasteiger partial charge >= 0.3 is 0 Å². The fourth-order valence-electron chi connectivity index (χ4n) is 3.84. The molecule has 0 saturated carbocycles. The minimum absolute atomic E-state index is 0.300. The molecule has 2 heterocycles. The van der Waals surface area contributed by atoms with Crippen LogP contribution in [0.1, 0.15) is 40.9 Å². The molecule has 0 radical (unpaired) electrons. The lowest BCUT2D eigenvalue weighted by molar-refractivity contribution is 0.614. The van der Waals surface area contributed by atoms with E-state index in [-0.39, 0.29) is 0 Å². The minimum Gasteiger partial charge on any atom is -0.349 e. The van der Waals surface area contributed by atoms with Gasteiger partial charge in [0.05, 0.1) is 6.04 Å². The Morgan fingerprint density at radius 2 is 1.70 bits per heavy atom. The summed E-state index contributed by atoms with van der Waals surface area (Å²) in [5.41, 5.74) is 7.24. The second-order valence-corrected chi connectivity index (χ2v) is 7.34. The molecule has 0 saturated heterocycles. The van der Waals surface area contributed by atoms with Gasteiger partial charge in [0.15, 0.2) is 0 Å². The number of fused-ring (bicyclic) bond motifs is 1. The van der Waals surface area contributed by atoms with Crippen LogP contribution in [0.5, 0.6) is 0 Å². The van der Waals surface area contributed by atoms with E-state index in [1.807, 2.05) is 12.1 Å². The number of nitrogens with one attached hydrogen (secondary N) is 1. The summed E-state index contributed by atoms with van der Waals surface area (Å²) >= 11 is 0. The summed E-state index contributed by atoms with van der Waals surface area (Å²) in [6.07, 6.45) is 1.05. The van der Waals surface area contributed by atoms with Crippen LogP contribution in [0.25, 0.3) is 0 Å². The number of para-hydroxylation sites is 1. The summed E-state index contributed by atoms with van der Waals surface area (Å²) in [7, 11) is 0. The number of nitrogens with zero attached hydrogens (tertiary/aromatic N) is 3. The van der Waals surface area contributed by atoms with E-state index in [0.29, 0.717) is 12.0 Å². The number of anilines is 3. The quantitative estimate of drug-likeness (QED) is 0.692. The van der Waals surface area contributed by atoms with Gasteiger partial charge < -0.3 is 10.2 Å². The smallest absolute Gasteiger partial charge is 0.229 e. The van der Waals surface area contributed by atoms with Crippen LogP contribution >= 0.6 is 0 Å². The number of aryl methyl sites for hydroxylation is 2. The van der Waals surface area contributed by atoms with E-state index >= 15 is 0 Å². The third-order valence-electron chi connectivity index (χ3n) is 5.62. The minimum atomic E-state index is 0.300. The highest BCUT2D eigenvalue weighted by atomic mass is 15.3. The molecule has 4 nitrogen and oxygen atoms in total. The fourth-order valence-corrected chi connectivity index (χ4v) is 3.84. The van der Waals surface area contributed by atoms with Crippen LogP contribution in [-0.4, -0.2) is 16.5 Å². The Labute approximate surface area is 161 Å². The highest BCUT2D eigenvalue weighted by Crippen LogP contribution is 2.35. The van der Waals surface area contributed by atoms with Gasteiger partial charge in [-0.05, 0) is 56.9 Å². The van der Waals surface area contributed by atoms with E-state index in [4.69, 9.17) is 4.98 Å². The average molecular weight is 358 g/mol. The Hall–Kier alpha value is -2.88. The standard InChI is InChI=1S/C23H26N4/c1-15-9-5-8-12-21(15)25-23-24-17(3)16(2)22(26-23)27-14-13-19-10-6-7-11-20(19)18(27)4/h5-12,18H,13-14H2,1-4H3,(H,24,25,26). The fraction of sp³-hybridized carbons (Fsp3) is 0.304. The Bertz CT molecular complexity index is 980. The summed E-state index contributed by atoms with van der Waals surface area (Å²) in [4.78, 5) is 12.0. The molecule has 2 aromatic carbocycles. The maximum Gasteiger partial charge on any atom is 0.229 e. The summed E-state index contributed by atoms with van der Waals surface area (Å²) in [5, 5.41) is 3.40. The van der Waals surface area contributed by atoms with Crippen LogP contribution in [0.3, 0.4) is 0 Å². The maximum absolute atomic E-state index is 4.92. The van der Waals surface area contributed by atoms with Gasteiger partial charge in [-0.15, -0.1) is 0 Å². The van der Waals surface area contributed by atoms with Crippen molar-refractivity contribution >= 4 is 17.5 Å². The zero-order valence-corrected chi connectivity index (χ0v) is 16.5. The van der Waals surface area contributed by atoms with Crippen molar-refractivity contribution in [3.8, 4) is 0 Å². The molecular weight excluding hydrogens is 332 g/mol. The Morgan fingerprint density at radius 3 is 2.52 bits per heavy atom. The lowest BCUT2D eigenvalue weighted by Gasteiger charge is -2.37. The SMILES string of the molecule is Cc1ccccc1Nc1nc(C)c(C)c(N2CCc3ccccc3C2C)n1. The molecular formula is C23H26N4. The zero-order chi connectivity index (χ0) is 19.0. The molecule has 3 aromatic rings. The Balaban J connectivity index is 1.71. The predicted molar refractivity (Wildman–Crippen MR) is 112 cm³/mol. The number of hydrogen-bond acceptors (Lipinski definition) is 4. The van der Waals surface area contributed by atoms with E-state index in [9.17, 15) is 0 Å². The Morgan fingerprint density at radius 1 is 0.963 bits per heavy atom. The van der Waals surface area contributed by atoms with Crippen molar-refractivity contribution in [3.63, 3.8) is 0 Å². The van der Waals surface area contributed by atoms with Gasteiger partial charge in [-0.25, -0.2) is 4.98 Å². The van der Waals surface area contributed by atoms with Gasteiger partial charge in [-0.1, -0.05) is 42.5 Å². The Kier molecular flexibility index (Phi) is 4.56. The molecule has 4 rings (SSSR count). The summed E-state index contributed by atoms with van der Waals surface area (Å²) < 4.78 is 0. The van der Waals surface area contributed by atoms with Crippen LogP contribution in [0.4, 0.5) is 17.5 Å². The van der Waals surface area contributed by atoms with Crippen molar-refractivity contribution in [2.75, 3.05) is 16.8 Å². The second-order valence-electron chi connectivity index (χ2n) is 7.34. The van der Waals surface area contributed by atoms with Crippen molar-refractivity contribution in [1.82, 2.24) is 9.97 Å². The predicted octanol–water partition coefficient (Wildman–Crippen LogP) is 5.27. The number of rotatable bonds is 3. The third kappa shape index (κ3) is 3.27. The van der Waals surface area contributed by atoms with Gasteiger partial charge in [0.1, 0.15) is 5.82 Å². The van der Waals surface area contributed by atoms with Crippen molar-refractivity contribution in [1.29, 1.82) is 0 Å². The van der Waals surface area contributed by atoms with Gasteiger partial charge in [0.2, 0.25) is 5.95 Å². The molecule has 0 aliphatic carbocycles. The molecule has 1 aromatic heterocycles. The molecule has 4 heteroatoms. The van der Waals surface area contributed by atoms with E-state index in [1.54, 1.807) is 0 Å². The molecule has 1 aliphatic rings. The highest BCUT2D eigenvalue weighted by Gasteiger charge is 2.26. The first-order valence-electron chi connectivity index (χ1n) is 9.57. The summed E-state index contributed by atoms with van der Waals surface area (Å²) in [5.74, 6) is 1.69. The van der Waals surface area contributed by atoms with Gasteiger partial charge in [0, 0.05) is 23.5 Å². The average Bonchev–Trinajstić information content (AvgIpc) is 2.67. The lowest BCUT2D eigenvalue weighted by atomic mass is 9.93. The normalized spacial score (nSPS) is 16.1. The van der Waals surface area contributed by atoms with Gasteiger partial charge in [-0.2, -0.15) is 4.98 Å². The van der Waals surface area contributed by atoms with Gasteiger partial charge in [-0.3, -0.25) is 0 Å². The van der Waals surface area contributed by atoms with Crippen LogP contribution in [0.15, 0.2) is 48.5 Å². The molecule has 0 spiro atoms. The molecule has 0 bridgehead atoms. The largest absolute Gasteiger partial charge is 0.349 e. The van der Waals surface area contributed by atoms with Crippen molar-refractivity contribution < 1.29 is 0 Å². The first-order valence-corrected chi connectivity index (χ1v) is 9.57. The highest BCUT2D eigenvalue weighted by molar-refractivity contribution is 5.61. The van der Waals surface area contributed by atoms with E-state index < -0.39 is 0 Å². The second kappa shape index (κ2) is 7.03. The van der Waals surface area contributed by atoms with Crippen LogP contribution in [0, 0.1) is 20.8 Å². The van der Waals surface area contributed by atoms with Crippen LogP contribution < -0.4 is 10.2 Å². The third-order valence-corrected chi connectivity index (χ3v) is 5.62. The summed E-state index contributed by atoms with van der Waals surface area (Å²) in [6, 6.07) is 17.3. The van der Waals surface area contributed by atoms with Crippen LogP contribution in [0.2, 0.25) is 0 Å². The molecule has 1 unspecified atom stereocenters. The van der Waals surface area contributed by atoms with Crippen molar-refractivity contribution in [2.24, 2.45) is 0 Å². The van der Waals surface area contributed by atoms with E-state index in [0.717, 1.165) is 35.7 Å². The topological polar surface area (TPSA) is 41.1 Å². The number of aromatic nitrogens is 2. The first kappa shape index (κ1) is 17.5. The number of hydrogen-bond donors (Lipinski definition) is 1. The molecule has 27 heavy (non-hydrogen) atoms. The molecule has 1 aliphatic heterocycles. The molecule has 0 fully saturated rings. The van der Waals surface area contributed by atoms with Crippen molar-refractivity contribution in [3.05, 3.63) is 76.5 Å². The van der Waals surface area contributed by atoms with Gasteiger partial charge in [0.25, 0.3) is 0 Å². The summed E-state index contributed by atoms with van der Waals surface area (Å²) in [6.45, 7) is 9.51. The van der Waals surface area contributed by atoms with E-state index in [2.05, 4.69) is 79.3 Å². The molecule has 138 valence electrons. The van der Waals surface area contributed by atoms with E-state index in [1.165, 1.54) is 16.7 Å². The number of benzene rings is 2. The lowest BCUT2D eigenvalue weighted by Crippen LogP contribution is -2.35. The monoisotopic (exact) mass is 358 g/mol. The zero-order valence-electron chi connectivity index (χ0n) is 16.5. The molecule has 0 amide bonds. The molecule has 1 N–H and O–H groups in total.